The predicted octanol–water partition coefficient (Wildman–Crippen LogP) is 6.04. The van der Waals surface area contributed by atoms with Crippen LogP contribution in [0, 0.1) is 0 Å². The van der Waals surface area contributed by atoms with E-state index in [0.29, 0.717) is 52.9 Å². The summed E-state index contributed by atoms with van der Waals surface area (Å²) in [6, 6.07) is 17.2. The number of nitrogens with zero attached hydrogens (tertiary/aromatic N) is 2. The number of hydrogen-bond acceptors (Lipinski definition) is 8. The lowest BCUT2D eigenvalue weighted by atomic mass is 9.94. The molecule has 0 unspecified atom stereocenters. The smallest absolute Gasteiger partial charge is 0.301 e. The SMILES string of the molecule is CCOc1ccc([C@@H]2/C(=C(\O)c3ccc4c(c3)C[C@@H](C)O4)C(=O)C(=O)N2c2nc3ccc(OCC)cc3s2)cc1. The van der Waals surface area contributed by atoms with Gasteiger partial charge in [0.05, 0.1) is 35.0 Å². The van der Waals surface area contributed by atoms with Gasteiger partial charge < -0.3 is 19.3 Å². The summed E-state index contributed by atoms with van der Waals surface area (Å²) in [5.41, 5.74) is 2.74. The van der Waals surface area contributed by atoms with E-state index in [-0.39, 0.29) is 17.4 Å². The van der Waals surface area contributed by atoms with Crippen LogP contribution in [0.25, 0.3) is 16.0 Å². The van der Waals surface area contributed by atoms with Crippen LogP contribution in [0.3, 0.4) is 0 Å². The molecule has 0 saturated carbocycles. The first-order chi connectivity index (χ1) is 19.4. The van der Waals surface area contributed by atoms with Crippen LogP contribution in [0.15, 0.2) is 66.2 Å². The molecule has 40 heavy (non-hydrogen) atoms. The number of rotatable bonds is 7. The van der Waals surface area contributed by atoms with Gasteiger partial charge in [-0.3, -0.25) is 14.5 Å². The van der Waals surface area contributed by atoms with Gasteiger partial charge >= 0.3 is 5.91 Å². The molecule has 1 aromatic heterocycles. The zero-order chi connectivity index (χ0) is 28.0. The van der Waals surface area contributed by atoms with Crippen molar-refractivity contribution in [1.82, 2.24) is 4.98 Å². The molecule has 0 bridgehead atoms. The van der Waals surface area contributed by atoms with Gasteiger partial charge in [-0.15, -0.1) is 0 Å². The van der Waals surface area contributed by atoms with E-state index in [4.69, 9.17) is 19.2 Å². The van der Waals surface area contributed by atoms with Crippen molar-refractivity contribution in [3.63, 3.8) is 0 Å². The molecule has 0 spiro atoms. The Bertz CT molecular complexity index is 1660. The van der Waals surface area contributed by atoms with Gasteiger partial charge in [-0.1, -0.05) is 23.5 Å². The highest BCUT2D eigenvalue weighted by molar-refractivity contribution is 7.22. The van der Waals surface area contributed by atoms with E-state index in [1.165, 1.54) is 16.2 Å². The Hall–Kier alpha value is -4.37. The fourth-order valence-corrected chi connectivity index (χ4v) is 6.26. The molecule has 1 amide bonds. The topological polar surface area (TPSA) is 98.2 Å². The molecule has 9 heteroatoms. The van der Waals surface area contributed by atoms with E-state index in [9.17, 15) is 14.7 Å². The van der Waals surface area contributed by atoms with Gasteiger partial charge in [-0.2, -0.15) is 0 Å². The van der Waals surface area contributed by atoms with Crippen molar-refractivity contribution in [2.24, 2.45) is 0 Å². The van der Waals surface area contributed by atoms with Crippen molar-refractivity contribution in [3.05, 3.63) is 82.9 Å². The third-order valence-electron chi connectivity index (χ3n) is 6.99. The first-order valence-electron chi connectivity index (χ1n) is 13.2. The minimum absolute atomic E-state index is 0.00957. The zero-order valence-corrected chi connectivity index (χ0v) is 23.2. The van der Waals surface area contributed by atoms with Crippen LogP contribution in [0.5, 0.6) is 17.2 Å². The number of fused-ring (bicyclic) bond motifs is 2. The summed E-state index contributed by atoms with van der Waals surface area (Å²) in [4.78, 5) is 33.3. The van der Waals surface area contributed by atoms with Crippen molar-refractivity contribution >= 4 is 44.1 Å². The second-order valence-corrected chi connectivity index (χ2v) is 10.7. The van der Waals surface area contributed by atoms with Gasteiger partial charge in [-0.05, 0) is 80.4 Å². The number of aliphatic hydroxyl groups excluding tert-OH is 1. The Morgan fingerprint density at radius 1 is 1.02 bits per heavy atom. The zero-order valence-electron chi connectivity index (χ0n) is 22.3. The van der Waals surface area contributed by atoms with E-state index in [1.54, 1.807) is 36.4 Å². The van der Waals surface area contributed by atoms with Crippen LogP contribution < -0.4 is 19.1 Å². The van der Waals surface area contributed by atoms with Gasteiger partial charge in [0.15, 0.2) is 5.13 Å². The summed E-state index contributed by atoms with van der Waals surface area (Å²) >= 11 is 1.29. The van der Waals surface area contributed by atoms with Crippen molar-refractivity contribution in [3.8, 4) is 17.2 Å². The highest BCUT2D eigenvalue weighted by Gasteiger charge is 2.48. The number of aliphatic hydroxyl groups is 1. The fraction of sp³-hybridized carbons (Fsp3) is 0.258. The molecule has 6 rings (SSSR count). The predicted molar refractivity (Wildman–Crippen MR) is 153 cm³/mol. The van der Waals surface area contributed by atoms with Crippen molar-refractivity contribution < 1.29 is 28.9 Å². The van der Waals surface area contributed by atoms with E-state index < -0.39 is 17.7 Å². The van der Waals surface area contributed by atoms with Crippen LogP contribution >= 0.6 is 11.3 Å². The van der Waals surface area contributed by atoms with Crippen LogP contribution in [-0.4, -0.2) is 41.1 Å². The molecular formula is C31H28N2O6S. The largest absolute Gasteiger partial charge is 0.507 e. The molecule has 1 fully saturated rings. The fourth-order valence-electron chi connectivity index (χ4n) is 5.24. The Morgan fingerprint density at radius 3 is 2.50 bits per heavy atom. The number of amides is 1. The molecule has 204 valence electrons. The Labute approximate surface area is 235 Å². The van der Waals surface area contributed by atoms with Crippen LogP contribution in [-0.2, 0) is 16.0 Å². The standard InChI is InChI=1S/C31H28N2O6S/c1-4-37-21-9-6-18(7-10-21)27-26(28(34)19-8-13-24-20(15-19)14-17(3)39-24)29(35)30(36)33(27)31-32-23-12-11-22(38-5-2)16-25(23)40-31/h6-13,15-17,27,34H,4-5,14H2,1-3H3/b28-26+/t17-,27-/m1/s1. The third-order valence-corrected chi connectivity index (χ3v) is 8.00. The maximum absolute atomic E-state index is 13.6. The van der Waals surface area contributed by atoms with Crippen molar-refractivity contribution in [1.29, 1.82) is 0 Å². The Balaban J connectivity index is 1.49. The third kappa shape index (κ3) is 4.46. The van der Waals surface area contributed by atoms with Crippen LogP contribution in [0.2, 0.25) is 0 Å². The molecule has 0 radical (unpaired) electrons. The number of carbonyl (C=O) groups excluding carboxylic acids is 2. The maximum Gasteiger partial charge on any atom is 0.301 e. The number of ketones is 1. The summed E-state index contributed by atoms with van der Waals surface area (Å²) < 4.78 is 17.8. The second-order valence-electron chi connectivity index (χ2n) is 9.69. The number of benzene rings is 3. The average molecular weight is 557 g/mol. The maximum atomic E-state index is 13.6. The minimum atomic E-state index is -0.883. The number of thiazole rings is 1. The molecule has 2 aliphatic heterocycles. The summed E-state index contributed by atoms with van der Waals surface area (Å²) in [5, 5.41) is 11.9. The number of hydrogen-bond donors (Lipinski definition) is 1. The summed E-state index contributed by atoms with van der Waals surface area (Å²) in [7, 11) is 0. The van der Waals surface area contributed by atoms with Gasteiger partial charge in [0, 0.05) is 12.0 Å². The number of anilines is 1. The minimum Gasteiger partial charge on any atom is -0.507 e. The first kappa shape index (κ1) is 25.9. The molecule has 1 N–H and O–H groups in total. The van der Waals surface area contributed by atoms with E-state index in [0.717, 1.165) is 16.0 Å². The van der Waals surface area contributed by atoms with E-state index >= 15 is 0 Å². The molecule has 0 aliphatic carbocycles. The molecular weight excluding hydrogens is 528 g/mol. The normalized spacial score (nSPS) is 19.6. The lowest BCUT2D eigenvalue weighted by Gasteiger charge is -2.23. The molecule has 1 saturated heterocycles. The van der Waals surface area contributed by atoms with Crippen molar-refractivity contribution in [2.75, 3.05) is 18.1 Å². The molecule has 2 aliphatic rings. The molecule has 2 atom stereocenters. The first-order valence-corrected chi connectivity index (χ1v) is 14.1. The van der Waals surface area contributed by atoms with Crippen LogP contribution in [0.4, 0.5) is 5.13 Å². The number of Topliss-reactive ketones (excluding diaryl/α,β-unsaturated/α-hetero) is 1. The second kappa shape index (κ2) is 10.3. The lowest BCUT2D eigenvalue weighted by Crippen LogP contribution is -2.29. The summed E-state index contributed by atoms with van der Waals surface area (Å²) in [6.45, 7) is 6.82. The number of aromatic nitrogens is 1. The molecule has 4 aromatic rings. The highest BCUT2D eigenvalue weighted by atomic mass is 32.1. The Morgan fingerprint density at radius 2 is 1.75 bits per heavy atom. The quantitative estimate of drug-likeness (QED) is 0.168. The van der Waals surface area contributed by atoms with E-state index in [1.807, 2.05) is 45.0 Å². The Kier molecular flexibility index (Phi) is 6.67. The molecule has 3 heterocycles. The summed E-state index contributed by atoms with van der Waals surface area (Å²) in [5.74, 6) is 0.373. The lowest BCUT2D eigenvalue weighted by molar-refractivity contribution is -0.132. The molecule has 3 aromatic carbocycles. The van der Waals surface area contributed by atoms with E-state index in [2.05, 4.69) is 0 Å². The summed E-state index contributed by atoms with van der Waals surface area (Å²) in [6.07, 6.45) is 0.729. The highest BCUT2D eigenvalue weighted by Crippen LogP contribution is 2.45. The van der Waals surface area contributed by atoms with Gasteiger partial charge in [0.2, 0.25) is 0 Å². The van der Waals surface area contributed by atoms with Gasteiger partial charge in [0.25, 0.3) is 5.78 Å². The molecule has 8 nitrogen and oxygen atoms in total. The average Bonchev–Trinajstić information content (AvgIpc) is 3.61. The van der Waals surface area contributed by atoms with Gasteiger partial charge in [0.1, 0.15) is 29.1 Å². The number of carbonyl (C=O) groups is 2. The van der Waals surface area contributed by atoms with Crippen LogP contribution in [0.1, 0.15) is 43.5 Å². The monoisotopic (exact) mass is 556 g/mol. The number of ether oxygens (including phenoxy) is 3. The van der Waals surface area contributed by atoms with Crippen molar-refractivity contribution in [2.45, 2.75) is 39.3 Å². The van der Waals surface area contributed by atoms with Gasteiger partial charge in [-0.25, -0.2) is 4.98 Å².